The maximum atomic E-state index is 13.9. The van der Waals surface area contributed by atoms with Crippen LogP contribution < -0.4 is 9.47 Å². The number of fused-ring (bicyclic) bond motifs is 3. The van der Waals surface area contributed by atoms with E-state index in [0.29, 0.717) is 23.7 Å². The van der Waals surface area contributed by atoms with Crippen LogP contribution in [0.3, 0.4) is 0 Å². The number of hydrogen-bond acceptors (Lipinski definition) is 10. The highest BCUT2D eigenvalue weighted by Gasteiger charge is 2.59. The summed E-state index contributed by atoms with van der Waals surface area (Å²) in [6.07, 6.45) is 3.83. The van der Waals surface area contributed by atoms with Gasteiger partial charge in [0.25, 0.3) is 0 Å². The third kappa shape index (κ3) is 5.29. The molecule has 3 aliphatic heterocycles. The van der Waals surface area contributed by atoms with Gasteiger partial charge in [-0.2, -0.15) is 0 Å². The summed E-state index contributed by atoms with van der Waals surface area (Å²) in [5, 5.41) is 21.9. The first-order chi connectivity index (χ1) is 19.0. The van der Waals surface area contributed by atoms with Gasteiger partial charge in [0.05, 0.1) is 37.2 Å². The van der Waals surface area contributed by atoms with E-state index in [1.54, 1.807) is 21.0 Å². The van der Waals surface area contributed by atoms with Crippen LogP contribution in [-0.4, -0.2) is 83.5 Å². The second kappa shape index (κ2) is 10.9. The maximum Gasteiger partial charge on any atom is 0.339 e. The first kappa shape index (κ1) is 28.7. The first-order valence-corrected chi connectivity index (χ1v) is 14.3. The summed E-state index contributed by atoms with van der Waals surface area (Å²) in [6.45, 7) is 7.11. The van der Waals surface area contributed by atoms with E-state index in [9.17, 15) is 19.8 Å². The molecule has 1 aromatic rings. The topological polar surface area (TPSA) is 124 Å². The smallest absolute Gasteiger partial charge is 0.339 e. The van der Waals surface area contributed by atoms with Crippen molar-refractivity contribution in [1.82, 2.24) is 4.90 Å². The Morgan fingerprint density at radius 1 is 1.15 bits per heavy atom. The highest BCUT2D eigenvalue weighted by atomic mass is 16.7. The Morgan fingerprint density at radius 2 is 1.90 bits per heavy atom. The number of hydrogen-bond donors (Lipinski definition) is 2. The number of aliphatic hydroxyl groups is 2. The van der Waals surface area contributed by atoms with Crippen molar-refractivity contribution in [3.05, 3.63) is 35.1 Å². The molecule has 5 rings (SSSR count). The summed E-state index contributed by atoms with van der Waals surface area (Å²) in [5.41, 5.74) is -1.69. The Bertz CT molecular complexity index is 1170. The molecule has 4 atom stereocenters. The van der Waals surface area contributed by atoms with E-state index < -0.39 is 41.2 Å². The lowest BCUT2D eigenvalue weighted by Crippen LogP contribution is -2.49. The van der Waals surface area contributed by atoms with Crippen molar-refractivity contribution in [3.63, 3.8) is 0 Å². The van der Waals surface area contributed by atoms with Gasteiger partial charge in [0.2, 0.25) is 6.79 Å². The first-order valence-electron chi connectivity index (χ1n) is 14.3. The Balaban J connectivity index is 1.50. The number of benzene rings is 1. The summed E-state index contributed by atoms with van der Waals surface area (Å²) in [7, 11) is 1.55. The summed E-state index contributed by atoms with van der Waals surface area (Å²) in [5.74, 6) is -0.0894. The number of methoxy groups -OCH3 is 1. The zero-order valence-corrected chi connectivity index (χ0v) is 23.9. The highest BCUT2D eigenvalue weighted by molar-refractivity contribution is 5.86. The van der Waals surface area contributed by atoms with E-state index in [2.05, 4.69) is 11.0 Å². The van der Waals surface area contributed by atoms with Crippen LogP contribution >= 0.6 is 0 Å². The minimum Gasteiger partial charge on any atom is -0.497 e. The Kier molecular flexibility index (Phi) is 7.80. The minimum atomic E-state index is -2.18. The van der Waals surface area contributed by atoms with Crippen molar-refractivity contribution in [1.29, 1.82) is 0 Å². The molecule has 1 spiro atoms. The van der Waals surface area contributed by atoms with Crippen molar-refractivity contribution in [2.24, 2.45) is 0 Å². The van der Waals surface area contributed by atoms with Crippen molar-refractivity contribution in [2.75, 3.05) is 33.6 Å². The number of ether oxygens (including phenoxy) is 5. The standard InChI is InChI=1S/C30H41NO9/c1-5-13-37-24(32)17-30(35,10-9-28(2,3)34)27(33)40-26-23(36-4)16-29-8-6-11-31(29)12-7-19-14-21-22(39-18-38-21)15-20(19)25(26)29/h14-16,25-26,34-35H,5-13,17-18H2,1-4H3/t25-,26-,29+,30-/m1/s1. The molecule has 1 fully saturated rings. The molecule has 40 heavy (non-hydrogen) atoms. The third-order valence-corrected chi connectivity index (χ3v) is 8.63. The SMILES string of the molecule is CCCOC(=O)C[C@](O)(CCC(C)(C)O)C(=O)O[C@@H]1C(OC)=C[C@]23CCCN2CCc2cc4c(cc2[C@H]13)OCO4. The molecule has 0 amide bonds. The molecular weight excluding hydrogens is 518 g/mol. The van der Waals surface area contributed by atoms with Gasteiger partial charge in [-0.1, -0.05) is 6.92 Å². The van der Waals surface area contributed by atoms with Crippen molar-refractivity contribution < 1.29 is 43.5 Å². The molecule has 4 aliphatic rings. The van der Waals surface area contributed by atoms with Gasteiger partial charge in [-0.25, -0.2) is 4.79 Å². The van der Waals surface area contributed by atoms with E-state index in [1.165, 1.54) is 0 Å². The van der Waals surface area contributed by atoms with Gasteiger partial charge in [0.15, 0.2) is 23.2 Å². The lowest BCUT2D eigenvalue weighted by Gasteiger charge is -2.39. The monoisotopic (exact) mass is 559 g/mol. The van der Waals surface area contributed by atoms with Crippen LogP contribution in [0, 0.1) is 0 Å². The molecule has 0 unspecified atom stereocenters. The lowest BCUT2D eigenvalue weighted by atomic mass is 9.77. The third-order valence-electron chi connectivity index (χ3n) is 8.63. The summed E-state index contributed by atoms with van der Waals surface area (Å²) < 4.78 is 28.6. The van der Waals surface area contributed by atoms with Gasteiger partial charge in [-0.3, -0.25) is 9.69 Å². The van der Waals surface area contributed by atoms with Crippen LogP contribution in [0.15, 0.2) is 24.0 Å². The van der Waals surface area contributed by atoms with E-state index in [1.807, 2.05) is 19.1 Å². The van der Waals surface area contributed by atoms with Crippen LogP contribution in [0.2, 0.25) is 0 Å². The van der Waals surface area contributed by atoms with E-state index >= 15 is 0 Å². The van der Waals surface area contributed by atoms with Gasteiger partial charge in [0.1, 0.15) is 5.76 Å². The average molecular weight is 560 g/mol. The molecule has 1 saturated heterocycles. The predicted octanol–water partition coefficient (Wildman–Crippen LogP) is 2.97. The van der Waals surface area contributed by atoms with Crippen LogP contribution in [0.1, 0.15) is 76.3 Å². The quantitative estimate of drug-likeness (QED) is 0.414. The maximum absolute atomic E-state index is 13.9. The zero-order valence-electron chi connectivity index (χ0n) is 23.9. The average Bonchev–Trinajstić information content (AvgIpc) is 3.59. The van der Waals surface area contributed by atoms with Gasteiger partial charge in [-0.05, 0) is 88.3 Å². The van der Waals surface area contributed by atoms with Crippen molar-refractivity contribution >= 4 is 11.9 Å². The lowest BCUT2D eigenvalue weighted by molar-refractivity contribution is -0.180. The minimum absolute atomic E-state index is 0.0742. The zero-order chi connectivity index (χ0) is 28.7. The van der Waals surface area contributed by atoms with Crippen molar-refractivity contribution in [3.8, 4) is 11.5 Å². The molecule has 1 aromatic carbocycles. The largest absolute Gasteiger partial charge is 0.497 e. The molecule has 220 valence electrons. The number of carbonyl (C=O) groups excluding carboxylic acids is 2. The van der Waals surface area contributed by atoms with Crippen LogP contribution in [-0.2, 0) is 30.2 Å². The van der Waals surface area contributed by atoms with Crippen molar-refractivity contribution in [2.45, 2.75) is 94.5 Å². The normalized spacial score (nSPS) is 26.6. The molecular formula is C30H41NO9. The molecule has 2 N–H and O–H groups in total. The Labute approximate surface area is 235 Å². The van der Waals surface area contributed by atoms with Crippen LogP contribution in [0.25, 0.3) is 0 Å². The molecule has 1 aliphatic carbocycles. The fourth-order valence-electron chi connectivity index (χ4n) is 6.60. The fraction of sp³-hybridized carbons (Fsp3) is 0.667. The number of rotatable bonds is 10. The molecule has 10 heteroatoms. The molecule has 0 saturated carbocycles. The van der Waals surface area contributed by atoms with E-state index in [0.717, 1.165) is 43.5 Å². The second-order valence-corrected chi connectivity index (χ2v) is 12.0. The molecule has 0 aromatic heterocycles. The molecule has 3 heterocycles. The van der Waals surface area contributed by atoms with Crippen LogP contribution in [0.5, 0.6) is 11.5 Å². The van der Waals surface area contributed by atoms with E-state index in [-0.39, 0.29) is 32.2 Å². The molecule has 0 bridgehead atoms. The number of esters is 2. The van der Waals surface area contributed by atoms with E-state index in [4.69, 9.17) is 23.7 Å². The molecule has 10 nitrogen and oxygen atoms in total. The highest BCUT2D eigenvalue weighted by Crippen LogP contribution is 2.55. The summed E-state index contributed by atoms with van der Waals surface area (Å²) in [6, 6.07) is 4.00. The second-order valence-electron chi connectivity index (χ2n) is 12.0. The van der Waals surface area contributed by atoms with Gasteiger partial charge < -0.3 is 33.9 Å². The molecule has 0 radical (unpaired) electrons. The predicted molar refractivity (Wildman–Crippen MR) is 144 cm³/mol. The van der Waals surface area contributed by atoms with Gasteiger partial charge >= 0.3 is 11.9 Å². The summed E-state index contributed by atoms with van der Waals surface area (Å²) in [4.78, 5) is 28.9. The Morgan fingerprint density at radius 3 is 2.60 bits per heavy atom. The number of carbonyl (C=O) groups is 2. The Hall–Kier alpha value is -2.82. The van der Waals surface area contributed by atoms with Gasteiger partial charge in [-0.15, -0.1) is 0 Å². The fourth-order valence-corrected chi connectivity index (χ4v) is 6.60. The summed E-state index contributed by atoms with van der Waals surface area (Å²) >= 11 is 0. The number of nitrogens with zero attached hydrogens (tertiary/aromatic N) is 1. The van der Waals surface area contributed by atoms with Crippen LogP contribution in [0.4, 0.5) is 0 Å². The van der Waals surface area contributed by atoms with Gasteiger partial charge in [0, 0.05) is 6.54 Å².